The first-order valence-electron chi connectivity index (χ1n) is 5.75. The zero-order valence-electron chi connectivity index (χ0n) is 10.7. The van der Waals surface area contributed by atoms with Crippen molar-refractivity contribution in [2.24, 2.45) is 0 Å². The summed E-state index contributed by atoms with van der Waals surface area (Å²) in [4.78, 5) is 0. The lowest BCUT2D eigenvalue weighted by Gasteiger charge is -2.21. The SMILES string of the molecule is COc1cc(C)cc(C)c1NC(CO)CCO. The number of hydrogen-bond acceptors (Lipinski definition) is 4. The van der Waals surface area contributed by atoms with E-state index in [1.165, 1.54) is 0 Å². The van der Waals surface area contributed by atoms with Crippen LogP contribution in [0.3, 0.4) is 0 Å². The summed E-state index contributed by atoms with van der Waals surface area (Å²) in [5.74, 6) is 0.763. The number of aliphatic hydroxyl groups is 2. The molecule has 1 atom stereocenters. The molecule has 1 aromatic carbocycles. The van der Waals surface area contributed by atoms with E-state index in [4.69, 9.17) is 9.84 Å². The highest BCUT2D eigenvalue weighted by atomic mass is 16.5. The second-order valence-corrected chi connectivity index (χ2v) is 4.20. The van der Waals surface area contributed by atoms with Gasteiger partial charge >= 0.3 is 0 Å². The zero-order valence-corrected chi connectivity index (χ0v) is 10.7. The molecule has 0 amide bonds. The minimum absolute atomic E-state index is 0.0168. The van der Waals surface area contributed by atoms with Crippen LogP contribution < -0.4 is 10.1 Å². The Morgan fingerprint density at radius 2 is 2.00 bits per heavy atom. The minimum atomic E-state index is -0.157. The van der Waals surface area contributed by atoms with Gasteiger partial charge in [-0.25, -0.2) is 0 Å². The van der Waals surface area contributed by atoms with Crippen LogP contribution in [0.5, 0.6) is 5.75 Å². The number of ether oxygens (including phenoxy) is 1. The van der Waals surface area contributed by atoms with E-state index in [1.807, 2.05) is 19.9 Å². The van der Waals surface area contributed by atoms with E-state index in [-0.39, 0.29) is 19.3 Å². The first kappa shape index (κ1) is 13.8. The fraction of sp³-hybridized carbons (Fsp3) is 0.538. The van der Waals surface area contributed by atoms with Crippen LogP contribution in [-0.2, 0) is 0 Å². The molecule has 1 unspecified atom stereocenters. The average molecular weight is 239 g/mol. The summed E-state index contributed by atoms with van der Waals surface area (Å²) in [6, 6.07) is 3.84. The van der Waals surface area contributed by atoms with E-state index in [0.717, 1.165) is 22.6 Å². The van der Waals surface area contributed by atoms with Gasteiger partial charge < -0.3 is 20.3 Å². The Balaban J connectivity index is 2.95. The first-order valence-corrected chi connectivity index (χ1v) is 5.75. The maximum absolute atomic E-state index is 9.21. The Hall–Kier alpha value is -1.26. The molecular formula is C13H21NO3. The molecule has 3 N–H and O–H groups in total. The second kappa shape index (κ2) is 6.47. The Kier molecular flexibility index (Phi) is 5.25. The van der Waals surface area contributed by atoms with E-state index in [9.17, 15) is 5.11 Å². The van der Waals surface area contributed by atoms with Crippen LogP contribution in [-0.4, -0.2) is 36.6 Å². The van der Waals surface area contributed by atoms with Gasteiger partial charge in [0.05, 0.1) is 25.4 Å². The number of rotatable bonds is 6. The molecule has 4 heteroatoms. The molecule has 0 bridgehead atoms. The maximum Gasteiger partial charge on any atom is 0.142 e. The van der Waals surface area contributed by atoms with Crippen molar-refractivity contribution in [1.29, 1.82) is 0 Å². The van der Waals surface area contributed by atoms with Crippen molar-refractivity contribution in [2.45, 2.75) is 26.3 Å². The summed E-state index contributed by atoms with van der Waals surface area (Å²) in [5.41, 5.74) is 3.08. The molecule has 0 radical (unpaired) electrons. The van der Waals surface area contributed by atoms with Crippen LogP contribution in [0.25, 0.3) is 0 Å². The average Bonchev–Trinajstić information content (AvgIpc) is 2.30. The third-order valence-electron chi connectivity index (χ3n) is 2.71. The first-order chi connectivity index (χ1) is 8.12. The second-order valence-electron chi connectivity index (χ2n) is 4.20. The van der Waals surface area contributed by atoms with Crippen LogP contribution in [0.4, 0.5) is 5.69 Å². The van der Waals surface area contributed by atoms with Gasteiger partial charge in [0, 0.05) is 6.61 Å². The summed E-state index contributed by atoms with van der Waals surface area (Å²) in [6.45, 7) is 4.03. The van der Waals surface area contributed by atoms with Crippen LogP contribution >= 0.6 is 0 Å². The summed E-state index contributed by atoms with van der Waals surface area (Å²) in [6.07, 6.45) is 0.507. The van der Waals surface area contributed by atoms with Gasteiger partial charge in [0.1, 0.15) is 5.75 Å². The van der Waals surface area contributed by atoms with Gasteiger partial charge in [-0.3, -0.25) is 0 Å². The molecule has 17 heavy (non-hydrogen) atoms. The van der Waals surface area contributed by atoms with Crippen molar-refractivity contribution in [1.82, 2.24) is 0 Å². The Bertz CT molecular complexity index is 366. The molecule has 4 nitrogen and oxygen atoms in total. The van der Waals surface area contributed by atoms with Crippen molar-refractivity contribution in [3.8, 4) is 5.75 Å². The zero-order chi connectivity index (χ0) is 12.8. The summed E-state index contributed by atoms with van der Waals surface area (Å²) in [5, 5.41) is 21.3. The maximum atomic E-state index is 9.21. The quantitative estimate of drug-likeness (QED) is 0.703. The summed E-state index contributed by atoms with van der Waals surface area (Å²) < 4.78 is 5.32. The molecule has 0 aliphatic heterocycles. The molecule has 0 saturated carbocycles. The highest BCUT2D eigenvalue weighted by Crippen LogP contribution is 2.30. The van der Waals surface area contributed by atoms with Crippen molar-refractivity contribution in [3.05, 3.63) is 23.3 Å². The minimum Gasteiger partial charge on any atom is -0.495 e. The monoisotopic (exact) mass is 239 g/mol. The van der Waals surface area contributed by atoms with Gasteiger partial charge in [-0.05, 0) is 37.5 Å². The smallest absolute Gasteiger partial charge is 0.142 e. The molecule has 0 fully saturated rings. The third kappa shape index (κ3) is 3.61. The lowest BCUT2D eigenvalue weighted by molar-refractivity contribution is 0.228. The molecule has 1 aromatic rings. The number of hydrogen-bond donors (Lipinski definition) is 3. The summed E-state index contributed by atoms with van der Waals surface area (Å²) >= 11 is 0. The Morgan fingerprint density at radius 3 is 2.53 bits per heavy atom. The molecule has 96 valence electrons. The van der Waals surface area contributed by atoms with Crippen LogP contribution in [0, 0.1) is 13.8 Å². The molecule has 0 spiro atoms. The topological polar surface area (TPSA) is 61.7 Å². The van der Waals surface area contributed by atoms with Gasteiger partial charge in [-0.1, -0.05) is 6.07 Å². The van der Waals surface area contributed by atoms with E-state index >= 15 is 0 Å². The van der Waals surface area contributed by atoms with E-state index in [2.05, 4.69) is 11.4 Å². The van der Waals surface area contributed by atoms with Crippen molar-refractivity contribution < 1.29 is 14.9 Å². The van der Waals surface area contributed by atoms with E-state index < -0.39 is 0 Å². The van der Waals surface area contributed by atoms with Crippen molar-refractivity contribution >= 4 is 5.69 Å². The number of nitrogens with one attached hydrogen (secondary N) is 1. The van der Waals surface area contributed by atoms with E-state index in [0.29, 0.717) is 6.42 Å². The number of methoxy groups -OCH3 is 1. The number of aryl methyl sites for hydroxylation is 2. The Morgan fingerprint density at radius 1 is 1.29 bits per heavy atom. The van der Waals surface area contributed by atoms with Crippen LogP contribution in [0.1, 0.15) is 17.5 Å². The molecule has 0 aliphatic carbocycles. The lowest BCUT2D eigenvalue weighted by Crippen LogP contribution is -2.25. The fourth-order valence-corrected chi connectivity index (χ4v) is 1.84. The third-order valence-corrected chi connectivity index (χ3v) is 2.71. The standard InChI is InChI=1S/C13H21NO3/c1-9-6-10(2)13(12(7-9)17-3)14-11(8-16)4-5-15/h6-7,11,14-16H,4-5,8H2,1-3H3. The Labute approximate surface area is 102 Å². The predicted molar refractivity (Wildman–Crippen MR) is 68.7 cm³/mol. The lowest BCUT2D eigenvalue weighted by atomic mass is 10.1. The van der Waals surface area contributed by atoms with Gasteiger partial charge in [0.25, 0.3) is 0 Å². The molecule has 0 heterocycles. The normalized spacial score (nSPS) is 12.3. The number of benzene rings is 1. The summed E-state index contributed by atoms with van der Waals surface area (Å²) in [7, 11) is 1.62. The highest BCUT2D eigenvalue weighted by molar-refractivity contribution is 5.63. The largest absolute Gasteiger partial charge is 0.495 e. The van der Waals surface area contributed by atoms with Gasteiger partial charge in [0.2, 0.25) is 0 Å². The van der Waals surface area contributed by atoms with E-state index in [1.54, 1.807) is 7.11 Å². The van der Waals surface area contributed by atoms with Crippen molar-refractivity contribution in [3.63, 3.8) is 0 Å². The number of aliphatic hydroxyl groups excluding tert-OH is 2. The van der Waals surface area contributed by atoms with Gasteiger partial charge in [-0.15, -0.1) is 0 Å². The molecule has 0 aliphatic rings. The van der Waals surface area contributed by atoms with Crippen LogP contribution in [0.15, 0.2) is 12.1 Å². The molecule has 0 aromatic heterocycles. The van der Waals surface area contributed by atoms with Gasteiger partial charge in [0.15, 0.2) is 0 Å². The van der Waals surface area contributed by atoms with Crippen LogP contribution in [0.2, 0.25) is 0 Å². The predicted octanol–water partition coefficient (Wildman–Crippen LogP) is 1.47. The van der Waals surface area contributed by atoms with Gasteiger partial charge in [-0.2, -0.15) is 0 Å². The van der Waals surface area contributed by atoms with Crippen molar-refractivity contribution in [2.75, 3.05) is 25.6 Å². The molecule has 1 rings (SSSR count). The fourth-order valence-electron chi connectivity index (χ4n) is 1.84. The highest BCUT2D eigenvalue weighted by Gasteiger charge is 2.12. The molecular weight excluding hydrogens is 218 g/mol. The molecule has 0 saturated heterocycles. The number of anilines is 1.